The van der Waals surface area contributed by atoms with Gasteiger partial charge in [0.15, 0.2) is 0 Å². The molecule has 3 rings (SSSR count). The zero-order chi connectivity index (χ0) is 14.2. The van der Waals surface area contributed by atoms with Gasteiger partial charge in [-0.25, -0.2) is 0 Å². The van der Waals surface area contributed by atoms with E-state index in [1.54, 1.807) is 0 Å². The van der Waals surface area contributed by atoms with E-state index in [9.17, 15) is 0 Å². The van der Waals surface area contributed by atoms with Crippen molar-refractivity contribution < 1.29 is 0 Å². The first-order valence-corrected chi connectivity index (χ1v) is 7.38. The number of fused-ring (bicyclic) bond motifs is 1. The maximum absolute atomic E-state index is 4.46. The molecule has 1 aromatic carbocycles. The Labute approximate surface area is 121 Å². The molecule has 3 heteroatoms. The van der Waals surface area contributed by atoms with Gasteiger partial charge in [-0.2, -0.15) is 0 Å². The average Bonchev–Trinajstić information content (AvgIpc) is 2.46. The van der Waals surface area contributed by atoms with Crippen molar-refractivity contribution in [2.24, 2.45) is 5.41 Å². The number of rotatable bonds is 1. The van der Waals surface area contributed by atoms with Crippen molar-refractivity contribution in [3.63, 3.8) is 0 Å². The van der Waals surface area contributed by atoms with E-state index in [-0.39, 0.29) is 5.41 Å². The summed E-state index contributed by atoms with van der Waals surface area (Å²) in [6, 6.07) is 11.1. The summed E-state index contributed by atoms with van der Waals surface area (Å²) < 4.78 is 0. The zero-order valence-corrected chi connectivity index (χ0v) is 12.6. The molecule has 1 saturated heterocycles. The standard InChI is InChI=1S/C17H23N3/c1-17(2,3)16-12-20(11-10-19-16)15-8-4-7-14-13(15)6-5-9-18-14/h4-9,16,19H,10-12H2,1-3H3. The maximum Gasteiger partial charge on any atom is 0.0722 e. The first-order valence-electron chi connectivity index (χ1n) is 7.38. The fourth-order valence-corrected chi connectivity index (χ4v) is 2.91. The van der Waals surface area contributed by atoms with Crippen LogP contribution >= 0.6 is 0 Å². The zero-order valence-electron chi connectivity index (χ0n) is 12.6. The van der Waals surface area contributed by atoms with Crippen LogP contribution in [0.1, 0.15) is 20.8 Å². The fraction of sp³-hybridized carbons (Fsp3) is 0.471. The SMILES string of the molecule is CC(C)(C)C1CN(c2cccc3ncccc23)CCN1. The lowest BCUT2D eigenvalue weighted by molar-refractivity contribution is 0.254. The third-order valence-corrected chi connectivity index (χ3v) is 4.18. The van der Waals surface area contributed by atoms with Crippen LogP contribution in [0.2, 0.25) is 0 Å². The number of nitrogens with zero attached hydrogens (tertiary/aromatic N) is 2. The van der Waals surface area contributed by atoms with E-state index in [4.69, 9.17) is 0 Å². The molecule has 106 valence electrons. The minimum atomic E-state index is 0.279. The normalized spacial score (nSPS) is 20.4. The summed E-state index contributed by atoms with van der Waals surface area (Å²) in [4.78, 5) is 6.96. The van der Waals surface area contributed by atoms with Crippen LogP contribution in [-0.4, -0.2) is 30.7 Å². The highest BCUT2D eigenvalue weighted by Crippen LogP contribution is 2.29. The Hall–Kier alpha value is -1.61. The molecule has 0 aliphatic carbocycles. The maximum atomic E-state index is 4.46. The summed E-state index contributed by atoms with van der Waals surface area (Å²) in [6.45, 7) is 10.1. The lowest BCUT2D eigenvalue weighted by Crippen LogP contribution is -2.56. The summed E-state index contributed by atoms with van der Waals surface area (Å²) >= 11 is 0. The van der Waals surface area contributed by atoms with Gasteiger partial charge in [0.2, 0.25) is 0 Å². The Morgan fingerprint density at radius 2 is 2.05 bits per heavy atom. The Kier molecular flexibility index (Phi) is 3.38. The molecule has 3 nitrogen and oxygen atoms in total. The number of anilines is 1. The fourth-order valence-electron chi connectivity index (χ4n) is 2.91. The lowest BCUT2D eigenvalue weighted by Gasteiger charge is -2.41. The van der Waals surface area contributed by atoms with E-state index in [1.165, 1.54) is 11.1 Å². The number of hydrogen-bond donors (Lipinski definition) is 1. The molecule has 2 aromatic rings. The van der Waals surface area contributed by atoms with Crippen molar-refractivity contribution in [1.29, 1.82) is 0 Å². The van der Waals surface area contributed by atoms with Crippen molar-refractivity contribution in [3.8, 4) is 0 Å². The minimum Gasteiger partial charge on any atom is -0.368 e. The molecule has 1 atom stereocenters. The predicted octanol–water partition coefficient (Wildman–Crippen LogP) is 3.06. The van der Waals surface area contributed by atoms with Crippen molar-refractivity contribution in [2.45, 2.75) is 26.8 Å². The van der Waals surface area contributed by atoms with E-state index in [1.807, 2.05) is 12.3 Å². The number of pyridine rings is 1. The van der Waals surface area contributed by atoms with E-state index < -0.39 is 0 Å². The van der Waals surface area contributed by atoms with Crippen LogP contribution in [0, 0.1) is 5.41 Å². The molecule has 0 spiro atoms. The van der Waals surface area contributed by atoms with Gasteiger partial charge in [0.25, 0.3) is 0 Å². The summed E-state index contributed by atoms with van der Waals surface area (Å²) in [5.74, 6) is 0. The van der Waals surface area contributed by atoms with Crippen molar-refractivity contribution in [2.75, 3.05) is 24.5 Å². The first-order chi connectivity index (χ1) is 9.55. The topological polar surface area (TPSA) is 28.2 Å². The van der Waals surface area contributed by atoms with Gasteiger partial charge in [0.1, 0.15) is 0 Å². The number of hydrogen-bond acceptors (Lipinski definition) is 3. The van der Waals surface area contributed by atoms with E-state index in [2.05, 4.69) is 60.2 Å². The lowest BCUT2D eigenvalue weighted by atomic mass is 9.85. The number of benzene rings is 1. The van der Waals surface area contributed by atoms with Crippen LogP contribution in [-0.2, 0) is 0 Å². The second kappa shape index (κ2) is 5.06. The van der Waals surface area contributed by atoms with Gasteiger partial charge in [0.05, 0.1) is 5.52 Å². The summed E-state index contributed by atoms with van der Waals surface area (Å²) in [7, 11) is 0. The molecule has 1 aliphatic rings. The largest absolute Gasteiger partial charge is 0.368 e. The first kappa shape index (κ1) is 13.4. The summed E-state index contributed by atoms with van der Waals surface area (Å²) in [6.07, 6.45) is 1.86. The Balaban J connectivity index is 1.95. The number of nitrogens with one attached hydrogen (secondary N) is 1. The molecular weight excluding hydrogens is 246 g/mol. The van der Waals surface area contributed by atoms with Crippen molar-refractivity contribution in [3.05, 3.63) is 36.5 Å². The third kappa shape index (κ3) is 2.50. The Morgan fingerprint density at radius 1 is 1.20 bits per heavy atom. The number of aromatic nitrogens is 1. The Morgan fingerprint density at radius 3 is 2.85 bits per heavy atom. The third-order valence-electron chi connectivity index (χ3n) is 4.18. The summed E-state index contributed by atoms with van der Waals surface area (Å²) in [5.41, 5.74) is 2.67. The molecule has 1 fully saturated rings. The molecule has 1 aromatic heterocycles. The van der Waals surface area contributed by atoms with E-state index >= 15 is 0 Å². The van der Waals surface area contributed by atoms with E-state index in [0.29, 0.717) is 6.04 Å². The summed E-state index contributed by atoms with van der Waals surface area (Å²) in [5, 5.41) is 4.90. The highest BCUT2D eigenvalue weighted by molar-refractivity contribution is 5.91. The molecule has 0 saturated carbocycles. The van der Waals surface area contributed by atoms with Gasteiger partial charge in [-0.1, -0.05) is 26.8 Å². The molecule has 2 heterocycles. The monoisotopic (exact) mass is 269 g/mol. The predicted molar refractivity (Wildman–Crippen MR) is 85.2 cm³/mol. The molecule has 1 unspecified atom stereocenters. The molecule has 0 bridgehead atoms. The van der Waals surface area contributed by atoms with Gasteiger partial charge in [-0.05, 0) is 29.7 Å². The van der Waals surface area contributed by atoms with Gasteiger partial charge < -0.3 is 10.2 Å². The highest BCUT2D eigenvalue weighted by Gasteiger charge is 2.29. The van der Waals surface area contributed by atoms with Gasteiger partial charge in [-0.3, -0.25) is 4.98 Å². The molecule has 0 radical (unpaired) electrons. The smallest absolute Gasteiger partial charge is 0.0722 e. The molecule has 20 heavy (non-hydrogen) atoms. The average molecular weight is 269 g/mol. The molecule has 1 N–H and O–H groups in total. The quantitative estimate of drug-likeness (QED) is 0.862. The number of piperazine rings is 1. The van der Waals surface area contributed by atoms with Crippen LogP contribution in [0.3, 0.4) is 0 Å². The van der Waals surface area contributed by atoms with Crippen molar-refractivity contribution in [1.82, 2.24) is 10.3 Å². The second-order valence-electron chi connectivity index (χ2n) is 6.67. The van der Waals surface area contributed by atoms with Crippen LogP contribution in [0.15, 0.2) is 36.5 Å². The van der Waals surface area contributed by atoms with Crippen LogP contribution < -0.4 is 10.2 Å². The molecule has 1 aliphatic heterocycles. The second-order valence-corrected chi connectivity index (χ2v) is 6.67. The van der Waals surface area contributed by atoms with Gasteiger partial charge >= 0.3 is 0 Å². The highest BCUT2D eigenvalue weighted by atomic mass is 15.2. The van der Waals surface area contributed by atoms with E-state index in [0.717, 1.165) is 25.2 Å². The molecular formula is C17H23N3. The van der Waals surface area contributed by atoms with Gasteiger partial charge in [0, 0.05) is 42.9 Å². The Bertz CT molecular complexity index is 595. The van der Waals surface area contributed by atoms with Crippen LogP contribution in [0.25, 0.3) is 10.9 Å². The van der Waals surface area contributed by atoms with Crippen LogP contribution in [0.5, 0.6) is 0 Å². The van der Waals surface area contributed by atoms with Gasteiger partial charge in [-0.15, -0.1) is 0 Å². The minimum absolute atomic E-state index is 0.279. The van der Waals surface area contributed by atoms with Crippen molar-refractivity contribution >= 4 is 16.6 Å². The van der Waals surface area contributed by atoms with Crippen LogP contribution in [0.4, 0.5) is 5.69 Å². The molecule has 0 amide bonds.